The number of nitrogens with one attached hydrogen (secondary N) is 3. The summed E-state index contributed by atoms with van der Waals surface area (Å²) < 4.78 is 39.5. The van der Waals surface area contributed by atoms with Crippen LogP contribution in [0, 0.1) is 11.3 Å². The summed E-state index contributed by atoms with van der Waals surface area (Å²) in [5.41, 5.74) is 0.190. The maximum atomic E-state index is 12.7. The molecular weight excluding hydrogens is 457 g/mol. The molecule has 2 heterocycles. The first-order chi connectivity index (χ1) is 15.7. The molecule has 33 heavy (non-hydrogen) atoms. The van der Waals surface area contributed by atoms with E-state index in [4.69, 9.17) is 16.7 Å². The highest BCUT2D eigenvalue weighted by molar-refractivity contribution is 6.30. The van der Waals surface area contributed by atoms with Crippen molar-refractivity contribution in [2.75, 3.05) is 11.9 Å². The number of aromatic amines is 1. The minimum absolute atomic E-state index is 0.128. The summed E-state index contributed by atoms with van der Waals surface area (Å²) >= 11 is 5.95. The molecule has 0 unspecified atom stereocenters. The normalized spacial score (nSPS) is 21.1. The van der Waals surface area contributed by atoms with Gasteiger partial charge in [0.2, 0.25) is 0 Å². The van der Waals surface area contributed by atoms with Crippen molar-refractivity contribution in [1.29, 1.82) is 5.26 Å². The van der Waals surface area contributed by atoms with Gasteiger partial charge in [-0.05, 0) is 56.0 Å². The minimum atomic E-state index is -4.28. The number of anilines is 2. The van der Waals surface area contributed by atoms with Crippen LogP contribution in [0.3, 0.4) is 0 Å². The van der Waals surface area contributed by atoms with Crippen LogP contribution < -0.4 is 16.2 Å². The van der Waals surface area contributed by atoms with Gasteiger partial charge in [0.05, 0.1) is 30.1 Å². The Morgan fingerprint density at radius 3 is 2.58 bits per heavy atom. The molecule has 0 atom stereocenters. The van der Waals surface area contributed by atoms with Crippen molar-refractivity contribution in [3.8, 4) is 6.07 Å². The molecule has 0 radical (unpaired) electrons. The average Bonchev–Trinajstić information content (AvgIpc) is 3.15. The highest BCUT2D eigenvalue weighted by atomic mass is 35.5. The molecule has 3 aromatic rings. The van der Waals surface area contributed by atoms with Gasteiger partial charge in [-0.1, -0.05) is 11.6 Å². The summed E-state index contributed by atoms with van der Waals surface area (Å²) in [6.45, 7) is -1.04. The summed E-state index contributed by atoms with van der Waals surface area (Å²) in [6, 6.07) is 10.6. The first kappa shape index (κ1) is 23.1. The van der Waals surface area contributed by atoms with E-state index in [1.807, 2.05) is 0 Å². The highest BCUT2D eigenvalue weighted by Gasteiger charge is 2.40. The van der Waals surface area contributed by atoms with Gasteiger partial charge in [0.1, 0.15) is 5.39 Å². The molecule has 1 saturated carbocycles. The lowest BCUT2D eigenvalue weighted by molar-refractivity contribution is -0.126. The Morgan fingerprint density at radius 2 is 1.94 bits per heavy atom. The van der Waals surface area contributed by atoms with Crippen LogP contribution in [0.4, 0.5) is 24.7 Å². The number of hydrogen-bond donors (Lipinski definition) is 3. The number of hydrogen-bond acceptors (Lipinski definition) is 5. The first-order valence-corrected chi connectivity index (χ1v) is 10.9. The summed E-state index contributed by atoms with van der Waals surface area (Å²) in [4.78, 5) is 15.3. The number of nitrogens with zero attached hydrogens (tertiary/aromatic N) is 3. The van der Waals surface area contributed by atoms with E-state index < -0.39 is 18.3 Å². The largest absolute Gasteiger partial charge is 0.401 e. The standard InChI is InChI=1S/C22H22ClF3N6O/c23-14-1-3-16(4-2-14)30-19-18-17(7-12-28-20(18)33)32(31-19)21(10-11-27)8-5-15(6-9-21)29-13-22(24,25)26/h1-4,7,12,15,29H,5-6,8-10,13H2,(H,28,33)(H,30,31)/t15-,21+. The topological polar surface area (TPSA) is 98.5 Å². The van der Waals surface area contributed by atoms with Crippen molar-refractivity contribution in [1.82, 2.24) is 20.1 Å². The second kappa shape index (κ2) is 9.08. The van der Waals surface area contributed by atoms with Gasteiger partial charge in [-0.2, -0.15) is 23.5 Å². The number of alkyl halides is 3. The molecule has 2 aromatic heterocycles. The lowest BCUT2D eigenvalue weighted by atomic mass is 9.77. The zero-order valence-corrected chi connectivity index (χ0v) is 18.3. The van der Waals surface area contributed by atoms with Crippen molar-refractivity contribution in [3.63, 3.8) is 0 Å². The molecule has 7 nitrogen and oxygen atoms in total. The minimum Gasteiger partial charge on any atom is -0.338 e. The van der Waals surface area contributed by atoms with Crippen molar-refractivity contribution in [2.24, 2.45) is 0 Å². The maximum absolute atomic E-state index is 12.7. The smallest absolute Gasteiger partial charge is 0.338 e. The molecule has 1 aromatic carbocycles. The lowest BCUT2D eigenvalue weighted by Gasteiger charge is -2.39. The van der Waals surface area contributed by atoms with Gasteiger partial charge in [-0.15, -0.1) is 0 Å². The summed E-state index contributed by atoms with van der Waals surface area (Å²) in [5, 5.41) is 20.9. The highest BCUT2D eigenvalue weighted by Crippen LogP contribution is 2.40. The molecule has 0 bridgehead atoms. The third kappa shape index (κ3) is 4.99. The van der Waals surface area contributed by atoms with E-state index in [9.17, 15) is 23.2 Å². The lowest BCUT2D eigenvalue weighted by Crippen LogP contribution is -2.45. The maximum Gasteiger partial charge on any atom is 0.401 e. The second-order valence-corrected chi connectivity index (χ2v) is 8.73. The zero-order valence-electron chi connectivity index (χ0n) is 17.5. The van der Waals surface area contributed by atoms with Crippen LogP contribution in [-0.4, -0.2) is 33.5 Å². The van der Waals surface area contributed by atoms with Gasteiger partial charge < -0.3 is 15.6 Å². The van der Waals surface area contributed by atoms with Crippen molar-refractivity contribution < 1.29 is 13.2 Å². The fourth-order valence-corrected chi connectivity index (χ4v) is 4.55. The van der Waals surface area contributed by atoms with Crippen LogP contribution in [0.1, 0.15) is 32.1 Å². The predicted molar refractivity (Wildman–Crippen MR) is 120 cm³/mol. The Labute approximate surface area is 192 Å². The van der Waals surface area contributed by atoms with Gasteiger partial charge in [-0.3, -0.25) is 9.48 Å². The quantitative estimate of drug-likeness (QED) is 0.471. The Bertz CT molecular complexity index is 1220. The van der Waals surface area contributed by atoms with E-state index in [0.717, 1.165) is 0 Å². The van der Waals surface area contributed by atoms with E-state index in [2.05, 4.69) is 21.7 Å². The first-order valence-electron chi connectivity index (χ1n) is 10.5. The van der Waals surface area contributed by atoms with Gasteiger partial charge in [0, 0.05) is 22.9 Å². The van der Waals surface area contributed by atoms with E-state index in [-0.39, 0.29) is 18.0 Å². The summed E-state index contributed by atoms with van der Waals surface area (Å²) in [6.07, 6.45) is -0.790. The van der Waals surface area contributed by atoms with E-state index in [0.29, 0.717) is 53.1 Å². The summed E-state index contributed by atoms with van der Waals surface area (Å²) in [5.74, 6) is 0.337. The van der Waals surface area contributed by atoms with Crippen LogP contribution in [0.15, 0.2) is 41.3 Å². The van der Waals surface area contributed by atoms with Gasteiger partial charge in [-0.25, -0.2) is 0 Å². The number of rotatable bonds is 6. The molecule has 1 aliphatic carbocycles. The fraction of sp³-hybridized carbons (Fsp3) is 0.409. The molecule has 11 heteroatoms. The van der Waals surface area contributed by atoms with Gasteiger partial charge in [0.15, 0.2) is 5.82 Å². The molecular formula is C22H22ClF3N6O. The Hall–Kier alpha value is -3.03. The van der Waals surface area contributed by atoms with Crippen LogP contribution in [0.25, 0.3) is 10.9 Å². The second-order valence-electron chi connectivity index (χ2n) is 8.29. The molecule has 1 aliphatic rings. The SMILES string of the molecule is N#CC[C@]1(n2nc(Nc3ccc(Cl)cc3)c3c(=O)[nH]ccc32)CC[C@@H](NCC(F)(F)F)CC1. The molecule has 3 N–H and O–H groups in total. The Kier molecular flexibility index (Phi) is 6.36. The van der Waals surface area contributed by atoms with Crippen molar-refractivity contribution in [2.45, 2.75) is 49.9 Å². The van der Waals surface area contributed by atoms with Crippen LogP contribution in [0.5, 0.6) is 0 Å². The summed E-state index contributed by atoms with van der Waals surface area (Å²) in [7, 11) is 0. The molecule has 1 fully saturated rings. The molecule has 0 aliphatic heterocycles. The predicted octanol–water partition coefficient (Wildman–Crippen LogP) is 4.83. The number of nitriles is 1. The molecule has 0 saturated heterocycles. The number of halogens is 4. The number of fused-ring (bicyclic) bond motifs is 1. The third-order valence-electron chi connectivity index (χ3n) is 6.08. The van der Waals surface area contributed by atoms with Gasteiger partial charge in [0.25, 0.3) is 5.56 Å². The average molecular weight is 479 g/mol. The van der Waals surface area contributed by atoms with E-state index in [1.165, 1.54) is 6.20 Å². The molecule has 0 amide bonds. The molecule has 174 valence electrons. The fourth-order valence-electron chi connectivity index (χ4n) is 4.43. The van der Waals surface area contributed by atoms with Crippen LogP contribution in [0.2, 0.25) is 5.02 Å². The van der Waals surface area contributed by atoms with Crippen LogP contribution in [-0.2, 0) is 5.54 Å². The Balaban J connectivity index is 1.68. The van der Waals surface area contributed by atoms with Crippen LogP contribution >= 0.6 is 11.6 Å². The number of aromatic nitrogens is 3. The monoisotopic (exact) mass is 478 g/mol. The number of pyridine rings is 1. The van der Waals surface area contributed by atoms with Gasteiger partial charge >= 0.3 is 6.18 Å². The molecule has 0 spiro atoms. The Morgan fingerprint density at radius 1 is 1.24 bits per heavy atom. The third-order valence-corrected chi connectivity index (χ3v) is 6.33. The number of H-pyrrole nitrogens is 1. The van der Waals surface area contributed by atoms with E-state index >= 15 is 0 Å². The van der Waals surface area contributed by atoms with Crippen molar-refractivity contribution in [3.05, 3.63) is 51.9 Å². The van der Waals surface area contributed by atoms with E-state index in [1.54, 1.807) is 35.0 Å². The molecule has 4 rings (SSSR count). The zero-order chi connectivity index (χ0) is 23.6. The van der Waals surface area contributed by atoms with Crippen molar-refractivity contribution >= 4 is 34.0 Å². The number of benzene rings is 1.